The van der Waals surface area contributed by atoms with Crippen molar-refractivity contribution in [2.45, 2.75) is 39.2 Å². The van der Waals surface area contributed by atoms with Gasteiger partial charge in [-0.25, -0.2) is 4.79 Å². The van der Waals surface area contributed by atoms with Gasteiger partial charge in [0.05, 0.1) is 7.11 Å². The van der Waals surface area contributed by atoms with Crippen LogP contribution in [0.25, 0.3) is 0 Å². The molecule has 0 rings (SSSR count). The van der Waals surface area contributed by atoms with Crippen molar-refractivity contribution in [2.24, 2.45) is 0 Å². The van der Waals surface area contributed by atoms with Crippen LogP contribution in [0, 0.1) is 0 Å². The van der Waals surface area contributed by atoms with Crippen LogP contribution in [-0.2, 0) is 19.1 Å². The van der Waals surface area contributed by atoms with E-state index in [1.807, 2.05) is 0 Å². The van der Waals surface area contributed by atoms with Crippen LogP contribution in [0.5, 0.6) is 0 Å². The number of ether oxygens (including phenoxy) is 1. The van der Waals surface area contributed by atoms with Gasteiger partial charge in [-0.2, -0.15) is 0 Å². The van der Waals surface area contributed by atoms with Gasteiger partial charge in [-0.3, -0.25) is 4.79 Å². The molecule has 1 amide bonds. The number of ketones is 1. The van der Waals surface area contributed by atoms with Crippen LogP contribution in [-0.4, -0.2) is 30.8 Å². The van der Waals surface area contributed by atoms with Crippen LogP contribution in [0.2, 0.25) is 0 Å². The summed E-state index contributed by atoms with van der Waals surface area (Å²) in [6.45, 7) is 3.03. The first-order chi connectivity index (χ1) is 6.97. The molecule has 0 saturated heterocycles. The lowest BCUT2D eigenvalue weighted by Crippen LogP contribution is -2.39. The summed E-state index contributed by atoms with van der Waals surface area (Å²) in [6, 6.07) is -0.639. The number of Topliss-reactive ketones (excluding diaryl/α,β-unsaturated/α-hetero) is 1. The van der Waals surface area contributed by atoms with Crippen LogP contribution in [0.1, 0.15) is 33.1 Å². The van der Waals surface area contributed by atoms with Crippen molar-refractivity contribution in [3.05, 3.63) is 0 Å². The van der Waals surface area contributed by atoms with Gasteiger partial charge in [-0.15, -0.1) is 0 Å². The molecule has 5 heteroatoms. The van der Waals surface area contributed by atoms with E-state index in [1.54, 1.807) is 6.92 Å². The number of carbonyl (C=O) groups excluding carboxylic acids is 3. The number of hydrogen-bond acceptors (Lipinski definition) is 4. The van der Waals surface area contributed by atoms with Crippen molar-refractivity contribution in [3.63, 3.8) is 0 Å². The van der Waals surface area contributed by atoms with Crippen LogP contribution in [0.3, 0.4) is 0 Å². The molecule has 0 unspecified atom stereocenters. The molecule has 1 N–H and O–H groups in total. The molecule has 0 aliphatic heterocycles. The minimum atomic E-state index is -0.639. The van der Waals surface area contributed by atoms with Crippen molar-refractivity contribution in [1.82, 2.24) is 5.32 Å². The summed E-state index contributed by atoms with van der Waals surface area (Å²) in [7, 11) is 1.26. The molecule has 0 aromatic rings. The summed E-state index contributed by atoms with van der Waals surface area (Å²) in [5.41, 5.74) is 0. The molecule has 0 aromatic heterocycles. The zero-order valence-electron chi connectivity index (χ0n) is 9.33. The van der Waals surface area contributed by atoms with E-state index in [0.717, 1.165) is 0 Å². The lowest BCUT2D eigenvalue weighted by Gasteiger charge is -2.10. The van der Waals surface area contributed by atoms with E-state index < -0.39 is 12.0 Å². The Morgan fingerprint density at radius 2 is 1.87 bits per heavy atom. The Morgan fingerprint density at radius 1 is 1.27 bits per heavy atom. The third-order valence-electron chi connectivity index (χ3n) is 1.86. The number of rotatable bonds is 6. The highest BCUT2D eigenvalue weighted by Crippen LogP contribution is 1.97. The molecule has 1 atom stereocenters. The molecular formula is C10H17NO4. The van der Waals surface area contributed by atoms with Gasteiger partial charge >= 0.3 is 5.97 Å². The highest BCUT2D eigenvalue weighted by atomic mass is 16.5. The zero-order chi connectivity index (χ0) is 11.8. The van der Waals surface area contributed by atoms with Gasteiger partial charge in [0, 0.05) is 12.8 Å². The normalized spacial score (nSPS) is 11.7. The Kier molecular flexibility index (Phi) is 6.33. The van der Waals surface area contributed by atoms with E-state index in [4.69, 9.17) is 0 Å². The van der Waals surface area contributed by atoms with E-state index in [1.165, 1.54) is 14.0 Å². The second-order valence-corrected chi connectivity index (χ2v) is 3.37. The van der Waals surface area contributed by atoms with Crippen molar-refractivity contribution < 1.29 is 19.1 Å². The lowest BCUT2D eigenvalue weighted by atomic mass is 10.2. The maximum atomic E-state index is 11.2. The summed E-state index contributed by atoms with van der Waals surface area (Å²) in [5, 5.41) is 2.48. The van der Waals surface area contributed by atoms with Crippen molar-refractivity contribution in [2.75, 3.05) is 7.11 Å². The molecular weight excluding hydrogens is 198 g/mol. The summed E-state index contributed by atoms with van der Waals surface area (Å²) < 4.78 is 4.45. The monoisotopic (exact) mass is 215 g/mol. The smallest absolute Gasteiger partial charge is 0.328 e. The maximum Gasteiger partial charge on any atom is 0.328 e. The minimum Gasteiger partial charge on any atom is -0.467 e. The molecule has 0 heterocycles. The third-order valence-corrected chi connectivity index (χ3v) is 1.86. The fourth-order valence-corrected chi connectivity index (χ4v) is 1.05. The van der Waals surface area contributed by atoms with E-state index >= 15 is 0 Å². The average molecular weight is 215 g/mol. The first-order valence-electron chi connectivity index (χ1n) is 4.84. The number of methoxy groups -OCH3 is 1. The largest absolute Gasteiger partial charge is 0.467 e. The first-order valence-corrected chi connectivity index (χ1v) is 4.84. The fourth-order valence-electron chi connectivity index (χ4n) is 1.05. The number of amides is 1. The topological polar surface area (TPSA) is 72.5 Å². The fraction of sp³-hybridized carbons (Fsp3) is 0.700. The molecule has 0 spiro atoms. The van der Waals surface area contributed by atoms with Gasteiger partial charge in [-0.05, 0) is 20.3 Å². The van der Waals surface area contributed by atoms with Gasteiger partial charge in [-0.1, -0.05) is 0 Å². The molecule has 0 radical (unpaired) electrons. The lowest BCUT2D eigenvalue weighted by molar-refractivity contribution is -0.144. The minimum absolute atomic E-state index is 0.0591. The van der Waals surface area contributed by atoms with Gasteiger partial charge in [0.2, 0.25) is 5.91 Å². The number of hydrogen-bond donors (Lipinski definition) is 1. The highest BCUT2D eigenvalue weighted by molar-refractivity contribution is 5.84. The van der Waals surface area contributed by atoms with Crippen molar-refractivity contribution in [1.29, 1.82) is 0 Å². The van der Waals surface area contributed by atoms with Crippen LogP contribution >= 0.6 is 0 Å². The molecule has 0 aliphatic rings. The number of esters is 1. The summed E-state index contributed by atoms with van der Waals surface area (Å²) in [4.78, 5) is 32.8. The van der Waals surface area contributed by atoms with Crippen LogP contribution in [0.4, 0.5) is 0 Å². The number of nitrogens with one attached hydrogen (secondary N) is 1. The van der Waals surface area contributed by atoms with Gasteiger partial charge in [0.25, 0.3) is 0 Å². The quantitative estimate of drug-likeness (QED) is 0.652. The average Bonchev–Trinajstić information content (AvgIpc) is 2.15. The second kappa shape index (κ2) is 6.98. The van der Waals surface area contributed by atoms with Gasteiger partial charge < -0.3 is 14.8 Å². The summed E-state index contributed by atoms with van der Waals surface area (Å²) in [6.07, 6.45) is 1.15. The van der Waals surface area contributed by atoms with E-state index in [2.05, 4.69) is 10.1 Å². The van der Waals surface area contributed by atoms with Crippen LogP contribution in [0.15, 0.2) is 0 Å². The van der Waals surface area contributed by atoms with E-state index in [-0.39, 0.29) is 18.1 Å². The predicted octanol–water partition coefficient (Wildman–Crippen LogP) is 0.423. The standard InChI is InChI=1S/C10H17NO4/c1-7(12)5-4-6-9(13)11-8(2)10(14)15-3/h8H,4-6H2,1-3H3,(H,11,13)/t8-/m0/s1. The molecule has 0 aliphatic carbocycles. The van der Waals surface area contributed by atoms with E-state index in [0.29, 0.717) is 12.8 Å². The Hall–Kier alpha value is -1.39. The summed E-state index contributed by atoms with van der Waals surface area (Å²) in [5.74, 6) is -0.659. The Morgan fingerprint density at radius 3 is 2.33 bits per heavy atom. The molecule has 86 valence electrons. The number of carbonyl (C=O) groups is 3. The van der Waals surface area contributed by atoms with Crippen LogP contribution < -0.4 is 5.32 Å². The zero-order valence-corrected chi connectivity index (χ0v) is 9.33. The predicted molar refractivity (Wildman–Crippen MR) is 54.2 cm³/mol. The molecule has 15 heavy (non-hydrogen) atoms. The second-order valence-electron chi connectivity index (χ2n) is 3.37. The van der Waals surface area contributed by atoms with Crippen molar-refractivity contribution >= 4 is 17.7 Å². The molecule has 0 fully saturated rings. The van der Waals surface area contributed by atoms with Gasteiger partial charge in [0.15, 0.2) is 0 Å². The molecule has 0 bridgehead atoms. The van der Waals surface area contributed by atoms with Gasteiger partial charge in [0.1, 0.15) is 11.8 Å². The van der Waals surface area contributed by atoms with Crippen molar-refractivity contribution in [3.8, 4) is 0 Å². The summed E-state index contributed by atoms with van der Waals surface area (Å²) >= 11 is 0. The molecule has 0 saturated carbocycles. The SMILES string of the molecule is COC(=O)[C@H](C)NC(=O)CCCC(C)=O. The Bertz CT molecular complexity index is 250. The first kappa shape index (κ1) is 13.6. The molecule has 5 nitrogen and oxygen atoms in total. The Balaban J connectivity index is 3.74. The maximum absolute atomic E-state index is 11.2. The highest BCUT2D eigenvalue weighted by Gasteiger charge is 2.15. The molecule has 0 aromatic carbocycles. The Labute approximate surface area is 89.2 Å². The third kappa shape index (κ3) is 6.65. The van der Waals surface area contributed by atoms with E-state index in [9.17, 15) is 14.4 Å².